The van der Waals surface area contributed by atoms with E-state index in [1.54, 1.807) is 37.3 Å². The topological polar surface area (TPSA) is 87.1 Å². The van der Waals surface area contributed by atoms with Crippen LogP contribution in [0.3, 0.4) is 0 Å². The molecule has 2 aromatic carbocycles. The van der Waals surface area contributed by atoms with Gasteiger partial charge in [0.05, 0.1) is 0 Å². The summed E-state index contributed by atoms with van der Waals surface area (Å²) in [7, 11) is 0. The number of rotatable bonds is 2. The van der Waals surface area contributed by atoms with Gasteiger partial charge < -0.3 is 10.8 Å². The van der Waals surface area contributed by atoms with E-state index in [1.807, 2.05) is 6.07 Å². The minimum absolute atomic E-state index is 0.119. The average molecular weight is 331 g/mol. The van der Waals surface area contributed by atoms with Crippen molar-refractivity contribution in [3.05, 3.63) is 51.5 Å². The second-order valence-corrected chi connectivity index (χ2v) is 5.13. The number of amides is 1. The first-order valence-electron chi connectivity index (χ1n) is 5.78. The number of aromatic hydroxyl groups is 1. The lowest BCUT2D eigenvalue weighted by atomic mass is 9.94. The molecule has 0 aliphatic rings. The maximum Gasteiger partial charge on any atom is 0.248 e. The SMILES string of the molecule is Cc1c(C(N)=O)cccc1-c1ccc(Br)c(C#N)c1O. The summed E-state index contributed by atoms with van der Waals surface area (Å²) >= 11 is 3.21. The van der Waals surface area contributed by atoms with E-state index in [0.717, 1.165) is 0 Å². The van der Waals surface area contributed by atoms with Crippen LogP contribution < -0.4 is 5.73 Å². The van der Waals surface area contributed by atoms with E-state index in [0.29, 0.717) is 26.7 Å². The number of primary amides is 1. The minimum atomic E-state index is -0.526. The smallest absolute Gasteiger partial charge is 0.248 e. The largest absolute Gasteiger partial charge is 0.506 e. The zero-order valence-electron chi connectivity index (χ0n) is 10.6. The Morgan fingerprint density at radius 3 is 2.60 bits per heavy atom. The van der Waals surface area contributed by atoms with Gasteiger partial charge in [-0.1, -0.05) is 12.1 Å². The Balaban J connectivity index is 2.74. The molecule has 100 valence electrons. The highest BCUT2D eigenvalue weighted by atomic mass is 79.9. The van der Waals surface area contributed by atoms with Crippen molar-refractivity contribution in [1.82, 2.24) is 0 Å². The number of halogens is 1. The van der Waals surface area contributed by atoms with Crippen LogP contribution in [0.15, 0.2) is 34.8 Å². The fourth-order valence-electron chi connectivity index (χ4n) is 2.08. The molecular weight excluding hydrogens is 320 g/mol. The van der Waals surface area contributed by atoms with Crippen molar-refractivity contribution in [2.45, 2.75) is 6.92 Å². The third kappa shape index (κ3) is 2.26. The predicted molar refractivity (Wildman–Crippen MR) is 79.2 cm³/mol. The molecule has 0 radical (unpaired) electrons. The lowest BCUT2D eigenvalue weighted by Crippen LogP contribution is -2.12. The summed E-state index contributed by atoms with van der Waals surface area (Å²) in [6.45, 7) is 1.75. The van der Waals surface area contributed by atoms with Crippen LogP contribution in [0.5, 0.6) is 5.75 Å². The molecule has 0 aromatic heterocycles. The molecule has 0 saturated carbocycles. The zero-order chi connectivity index (χ0) is 14.9. The number of nitrogens with zero attached hydrogens (tertiary/aromatic N) is 1. The van der Waals surface area contributed by atoms with Gasteiger partial charge in [0, 0.05) is 15.6 Å². The molecule has 0 heterocycles. The first-order chi connectivity index (χ1) is 9.47. The number of carbonyl (C=O) groups is 1. The van der Waals surface area contributed by atoms with Gasteiger partial charge in [-0.2, -0.15) is 5.26 Å². The molecule has 0 spiro atoms. The van der Waals surface area contributed by atoms with Gasteiger partial charge in [0.15, 0.2) is 0 Å². The van der Waals surface area contributed by atoms with Crippen molar-refractivity contribution in [3.63, 3.8) is 0 Å². The van der Waals surface area contributed by atoms with Gasteiger partial charge in [-0.05, 0) is 52.2 Å². The number of phenolic OH excluding ortho intramolecular Hbond substituents is 1. The van der Waals surface area contributed by atoms with Crippen LogP contribution in [0.2, 0.25) is 0 Å². The van der Waals surface area contributed by atoms with Gasteiger partial charge in [-0.3, -0.25) is 4.79 Å². The van der Waals surface area contributed by atoms with Gasteiger partial charge >= 0.3 is 0 Å². The molecule has 2 rings (SSSR count). The summed E-state index contributed by atoms with van der Waals surface area (Å²) in [6, 6.07) is 10.4. The molecule has 0 bridgehead atoms. The minimum Gasteiger partial charge on any atom is -0.506 e. The van der Waals surface area contributed by atoms with Crippen LogP contribution in [-0.4, -0.2) is 11.0 Å². The molecule has 4 nitrogen and oxygen atoms in total. The van der Waals surface area contributed by atoms with Crippen LogP contribution in [0.1, 0.15) is 21.5 Å². The Labute approximate surface area is 124 Å². The molecule has 0 aliphatic carbocycles. The third-order valence-corrected chi connectivity index (χ3v) is 3.79. The standard InChI is InChI=1S/C15H11BrN2O2/c1-8-9(3-2-4-10(8)15(18)20)11-5-6-13(16)12(7-17)14(11)19/h2-6,19H,1H3,(H2,18,20). The summed E-state index contributed by atoms with van der Waals surface area (Å²) < 4.78 is 0.518. The Morgan fingerprint density at radius 1 is 1.30 bits per heavy atom. The van der Waals surface area contributed by atoms with E-state index in [1.165, 1.54) is 0 Å². The average Bonchev–Trinajstić information content (AvgIpc) is 2.40. The van der Waals surface area contributed by atoms with E-state index in [2.05, 4.69) is 15.9 Å². The molecule has 1 amide bonds. The maximum atomic E-state index is 11.4. The van der Waals surface area contributed by atoms with Gasteiger partial charge in [0.25, 0.3) is 0 Å². The van der Waals surface area contributed by atoms with E-state index < -0.39 is 5.91 Å². The first-order valence-corrected chi connectivity index (χ1v) is 6.58. The summed E-state index contributed by atoms with van der Waals surface area (Å²) in [6.07, 6.45) is 0. The molecule has 0 unspecified atom stereocenters. The van der Waals surface area contributed by atoms with Crippen molar-refractivity contribution < 1.29 is 9.90 Å². The van der Waals surface area contributed by atoms with Crippen LogP contribution in [-0.2, 0) is 0 Å². The number of benzene rings is 2. The Hall–Kier alpha value is -2.32. The van der Waals surface area contributed by atoms with E-state index >= 15 is 0 Å². The lowest BCUT2D eigenvalue weighted by Gasteiger charge is -2.12. The number of carbonyl (C=O) groups excluding carboxylic acids is 1. The predicted octanol–water partition coefficient (Wildman–Crippen LogP) is 3.10. The number of phenols is 1. The first kappa shape index (κ1) is 14.1. The quantitative estimate of drug-likeness (QED) is 0.886. The van der Waals surface area contributed by atoms with E-state index in [9.17, 15) is 9.90 Å². The van der Waals surface area contributed by atoms with Crippen LogP contribution in [0.4, 0.5) is 0 Å². The maximum absolute atomic E-state index is 11.4. The van der Waals surface area contributed by atoms with Gasteiger partial charge in [-0.25, -0.2) is 0 Å². The molecule has 20 heavy (non-hydrogen) atoms. The molecule has 0 fully saturated rings. The van der Waals surface area contributed by atoms with Gasteiger partial charge in [0.1, 0.15) is 17.4 Å². The van der Waals surface area contributed by atoms with Crippen molar-refractivity contribution in [2.24, 2.45) is 5.73 Å². The fraction of sp³-hybridized carbons (Fsp3) is 0.0667. The van der Waals surface area contributed by atoms with Crippen molar-refractivity contribution >= 4 is 21.8 Å². The number of hydrogen-bond donors (Lipinski definition) is 2. The molecule has 0 saturated heterocycles. The lowest BCUT2D eigenvalue weighted by molar-refractivity contribution is 0.0999. The Bertz CT molecular complexity index is 748. The van der Waals surface area contributed by atoms with Gasteiger partial charge in [0.2, 0.25) is 5.91 Å². The fourth-order valence-corrected chi connectivity index (χ4v) is 2.49. The van der Waals surface area contributed by atoms with Crippen LogP contribution in [0, 0.1) is 18.3 Å². The van der Waals surface area contributed by atoms with Crippen LogP contribution >= 0.6 is 15.9 Å². The second kappa shape index (κ2) is 5.35. The Morgan fingerprint density at radius 2 is 2.00 bits per heavy atom. The Kier molecular flexibility index (Phi) is 3.77. The molecule has 3 N–H and O–H groups in total. The number of hydrogen-bond acceptors (Lipinski definition) is 3. The van der Waals surface area contributed by atoms with Crippen molar-refractivity contribution in [1.29, 1.82) is 5.26 Å². The van der Waals surface area contributed by atoms with Crippen LogP contribution in [0.25, 0.3) is 11.1 Å². The van der Waals surface area contributed by atoms with Crippen molar-refractivity contribution in [2.75, 3.05) is 0 Å². The van der Waals surface area contributed by atoms with E-state index in [4.69, 9.17) is 11.0 Å². The number of nitrogens with two attached hydrogens (primary N) is 1. The zero-order valence-corrected chi connectivity index (χ0v) is 12.2. The summed E-state index contributed by atoms with van der Waals surface area (Å²) in [5, 5.41) is 19.3. The van der Waals surface area contributed by atoms with E-state index in [-0.39, 0.29) is 11.3 Å². The molecular formula is C15H11BrN2O2. The highest BCUT2D eigenvalue weighted by molar-refractivity contribution is 9.10. The molecule has 0 aliphatic heterocycles. The molecule has 5 heteroatoms. The number of nitriles is 1. The third-order valence-electron chi connectivity index (χ3n) is 3.13. The summed E-state index contributed by atoms with van der Waals surface area (Å²) in [4.78, 5) is 11.4. The molecule has 2 aromatic rings. The monoisotopic (exact) mass is 330 g/mol. The summed E-state index contributed by atoms with van der Waals surface area (Å²) in [5.74, 6) is -0.645. The second-order valence-electron chi connectivity index (χ2n) is 4.27. The highest BCUT2D eigenvalue weighted by Crippen LogP contribution is 2.37. The summed E-state index contributed by atoms with van der Waals surface area (Å²) in [5.41, 5.74) is 7.70. The van der Waals surface area contributed by atoms with Crippen molar-refractivity contribution in [3.8, 4) is 22.9 Å². The highest BCUT2D eigenvalue weighted by Gasteiger charge is 2.16. The molecule has 0 atom stereocenters. The van der Waals surface area contributed by atoms with Gasteiger partial charge in [-0.15, -0.1) is 0 Å². The normalized spacial score (nSPS) is 10.1.